The van der Waals surface area contributed by atoms with Crippen molar-refractivity contribution < 1.29 is 18.7 Å². The molecule has 1 aromatic carbocycles. The van der Waals surface area contributed by atoms with Crippen molar-refractivity contribution >= 4 is 21.9 Å². The monoisotopic (exact) mass is 250 g/mol. The number of carboxylic acids is 1. The summed E-state index contributed by atoms with van der Waals surface area (Å²) in [7, 11) is 0. The summed E-state index contributed by atoms with van der Waals surface area (Å²) in [6.07, 6.45) is 0. The van der Waals surface area contributed by atoms with Gasteiger partial charge in [-0.2, -0.15) is 8.78 Å². The molecule has 0 saturated carbocycles. The topological polar surface area (TPSA) is 37.3 Å². The maximum atomic E-state index is 12.9. The Morgan fingerprint density at radius 1 is 1.38 bits per heavy atom. The number of hydrogen-bond donors (Lipinski definition) is 1. The fourth-order valence-electron chi connectivity index (χ4n) is 0.831. The maximum absolute atomic E-state index is 12.9. The van der Waals surface area contributed by atoms with Crippen LogP contribution in [0, 0.1) is 0 Å². The number of halogens is 3. The Hall–Kier alpha value is -0.970. The van der Waals surface area contributed by atoms with E-state index in [4.69, 9.17) is 5.11 Å². The van der Waals surface area contributed by atoms with Gasteiger partial charge in [-0.3, -0.25) is 0 Å². The second-order valence-electron chi connectivity index (χ2n) is 2.36. The molecule has 13 heavy (non-hydrogen) atoms. The molecule has 5 heteroatoms. The zero-order chi connectivity index (χ0) is 10.1. The predicted octanol–water partition coefficient (Wildman–Crippen LogP) is 2.63. The van der Waals surface area contributed by atoms with Gasteiger partial charge in [-0.15, -0.1) is 0 Å². The maximum Gasteiger partial charge on any atom is 0.379 e. The van der Waals surface area contributed by atoms with E-state index in [1.165, 1.54) is 18.2 Å². The van der Waals surface area contributed by atoms with Crippen LogP contribution in [0.1, 0.15) is 5.56 Å². The fourth-order valence-corrected chi connectivity index (χ4v) is 1.36. The second kappa shape index (κ2) is 3.41. The Kier molecular flexibility index (Phi) is 2.66. The number of alkyl halides is 2. The molecule has 0 saturated heterocycles. The fraction of sp³-hybridized carbons (Fsp3) is 0.125. The normalized spacial score (nSPS) is 11.3. The molecule has 0 spiro atoms. The lowest BCUT2D eigenvalue weighted by Crippen LogP contribution is -2.25. The van der Waals surface area contributed by atoms with Crippen molar-refractivity contribution in [3.63, 3.8) is 0 Å². The molecule has 1 aromatic rings. The second-order valence-corrected chi connectivity index (χ2v) is 3.21. The summed E-state index contributed by atoms with van der Waals surface area (Å²) in [6.45, 7) is 0. The van der Waals surface area contributed by atoms with E-state index in [0.717, 1.165) is 6.07 Å². The van der Waals surface area contributed by atoms with Crippen molar-refractivity contribution in [1.82, 2.24) is 0 Å². The van der Waals surface area contributed by atoms with Crippen LogP contribution in [0.2, 0.25) is 0 Å². The first-order chi connectivity index (χ1) is 5.96. The Morgan fingerprint density at radius 2 is 1.92 bits per heavy atom. The van der Waals surface area contributed by atoms with Crippen LogP contribution in [0.5, 0.6) is 0 Å². The van der Waals surface area contributed by atoms with E-state index in [-0.39, 0.29) is 4.47 Å². The molecule has 0 heterocycles. The number of rotatable bonds is 2. The van der Waals surface area contributed by atoms with Gasteiger partial charge in [0.2, 0.25) is 0 Å². The molecule has 0 aliphatic carbocycles. The third-order valence-electron chi connectivity index (χ3n) is 1.48. The molecule has 2 nitrogen and oxygen atoms in total. The highest BCUT2D eigenvalue weighted by atomic mass is 79.9. The Balaban J connectivity index is 3.22. The van der Waals surface area contributed by atoms with E-state index in [0.29, 0.717) is 0 Å². The Morgan fingerprint density at radius 3 is 2.38 bits per heavy atom. The van der Waals surface area contributed by atoms with Crippen LogP contribution >= 0.6 is 15.9 Å². The summed E-state index contributed by atoms with van der Waals surface area (Å²) in [5.74, 6) is -6.00. The zero-order valence-electron chi connectivity index (χ0n) is 6.30. The van der Waals surface area contributed by atoms with Crippen molar-refractivity contribution in [2.45, 2.75) is 5.92 Å². The van der Waals surface area contributed by atoms with Gasteiger partial charge in [-0.1, -0.05) is 34.1 Å². The van der Waals surface area contributed by atoms with Crippen molar-refractivity contribution in [3.05, 3.63) is 34.3 Å². The van der Waals surface area contributed by atoms with Gasteiger partial charge in [0.05, 0.1) is 0 Å². The van der Waals surface area contributed by atoms with Crippen molar-refractivity contribution in [2.75, 3.05) is 0 Å². The Bertz CT molecular complexity index is 339. The van der Waals surface area contributed by atoms with Crippen LogP contribution in [-0.2, 0) is 10.7 Å². The summed E-state index contributed by atoms with van der Waals surface area (Å²) in [5, 5.41) is 8.25. The highest BCUT2D eigenvalue weighted by Gasteiger charge is 2.42. The van der Waals surface area contributed by atoms with Crippen LogP contribution < -0.4 is 0 Å². The number of benzene rings is 1. The SMILES string of the molecule is O=C(O)C(F)(F)c1ccccc1Br. The lowest BCUT2D eigenvalue weighted by Gasteiger charge is -2.12. The quantitative estimate of drug-likeness (QED) is 0.877. The minimum atomic E-state index is -3.85. The van der Waals surface area contributed by atoms with Crippen LogP contribution in [-0.4, -0.2) is 11.1 Å². The largest absolute Gasteiger partial charge is 0.477 e. The minimum absolute atomic E-state index is 0.0856. The van der Waals surface area contributed by atoms with Gasteiger partial charge in [-0.25, -0.2) is 4.79 Å². The van der Waals surface area contributed by atoms with Crippen LogP contribution in [0.15, 0.2) is 28.7 Å². The van der Waals surface area contributed by atoms with E-state index >= 15 is 0 Å². The standard InChI is InChI=1S/C8H5BrF2O2/c9-6-4-2-1-3-5(6)8(10,11)7(12)13/h1-4H,(H,12,13). The lowest BCUT2D eigenvalue weighted by atomic mass is 10.1. The van der Waals surface area contributed by atoms with E-state index in [1.54, 1.807) is 0 Å². The number of carboxylic acid groups (broad SMARTS) is 1. The predicted molar refractivity (Wildman–Crippen MR) is 45.7 cm³/mol. The average Bonchev–Trinajstić information content (AvgIpc) is 2.04. The molecule has 70 valence electrons. The average molecular weight is 251 g/mol. The molecular formula is C8H5BrF2O2. The molecule has 0 aromatic heterocycles. The zero-order valence-corrected chi connectivity index (χ0v) is 7.88. The van der Waals surface area contributed by atoms with Crippen molar-refractivity contribution in [2.24, 2.45) is 0 Å². The molecule has 0 amide bonds. The smallest absolute Gasteiger partial charge is 0.379 e. The first-order valence-electron chi connectivity index (χ1n) is 3.32. The first-order valence-corrected chi connectivity index (χ1v) is 4.12. The van der Waals surface area contributed by atoms with Gasteiger partial charge >= 0.3 is 11.9 Å². The summed E-state index contributed by atoms with van der Waals surface area (Å²) in [6, 6.07) is 5.33. The minimum Gasteiger partial charge on any atom is -0.477 e. The molecule has 0 aliphatic rings. The third-order valence-corrected chi connectivity index (χ3v) is 2.17. The highest BCUT2D eigenvalue weighted by Crippen LogP contribution is 2.33. The summed E-state index contributed by atoms with van der Waals surface area (Å²) < 4.78 is 25.9. The molecule has 0 atom stereocenters. The first kappa shape index (κ1) is 10.1. The van der Waals surface area contributed by atoms with E-state index in [9.17, 15) is 13.6 Å². The van der Waals surface area contributed by atoms with Gasteiger partial charge in [0.15, 0.2) is 0 Å². The van der Waals surface area contributed by atoms with Crippen LogP contribution in [0.4, 0.5) is 8.78 Å². The van der Waals surface area contributed by atoms with Gasteiger partial charge < -0.3 is 5.11 Å². The van der Waals surface area contributed by atoms with Gasteiger partial charge in [0.1, 0.15) is 0 Å². The number of hydrogen-bond acceptors (Lipinski definition) is 1. The van der Waals surface area contributed by atoms with Gasteiger partial charge in [0, 0.05) is 10.0 Å². The molecule has 0 fully saturated rings. The third kappa shape index (κ3) is 1.85. The summed E-state index contributed by atoms with van der Waals surface area (Å²) >= 11 is 2.86. The molecule has 1 N–H and O–H groups in total. The van der Waals surface area contributed by atoms with Crippen molar-refractivity contribution in [1.29, 1.82) is 0 Å². The lowest BCUT2D eigenvalue weighted by molar-refractivity contribution is -0.166. The van der Waals surface area contributed by atoms with Crippen molar-refractivity contribution in [3.8, 4) is 0 Å². The van der Waals surface area contributed by atoms with E-state index < -0.39 is 17.5 Å². The highest BCUT2D eigenvalue weighted by molar-refractivity contribution is 9.10. The van der Waals surface area contributed by atoms with E-state index in [2.05, 4.69) is 15.9 Å². The van der Waals surface area contributed by atoms with Crippen LogP contribution in [0.25, 0.3) is 0 Å². The molecule has 0 bridgehead atoms. The van der Waals surface area contributed by atoms with Gasteiger partial charge in [-0.05, 0) is 6.07 Å². The molecule has 0 radical (unpaired) electrons. The summed E-state index contributed by atoms with van der Waals surface area (Å²) in [4.78, 5) is 10.2. The molecule has 1 rings (SSSR count). The van der Waals surface area contributed by atoms with Gasteiger partial charge in [0.25, 0.3) is 0 Å². The number of aliphatic carboxylic acids is 1. The molecular weight excluding hydrogens is 246 g/mol. The summed E-state index contributed by atoms with van der Waals surface area (Å²) in [5.41, 5.74) is -0.539. The number of carbonyl (C=O) groups is 1. The Labute approximate surface area is 81.3 Å². The molecule has 0 unspecified atom stereocenters. The van der Waals surface area contributed by atoms with Crippen LogP contribution in [0.3, 0.4) is 0 Å². The molecule has 0 aliphatic heterocycles. The van der Waals surface area contributed by atoms with E-state index in [1.807, 2.05) is 0 Å².